The summed E-state index contributed by atoms with van der Waals surface area (Å²) in [5.74, 6) is 0. The first-order valence-electron chi connectivity index (χ1n) is 5.58. The average Bonchev–Trinajstić information content (AvgIpc) is 2.77. The van der Waals surface area contributed by atoms with Crippen LogP contribution in [-0.2, 0) is 0 Å². The molecular weight excluding hydrogens is 202 g/mol. The predicted octanol–water partition coefficient (Wildman–Crippen LogP) is 1.90. The molecule has 2 amide bonds. The van der Waals surface area contributed by atoms with Gasteiger partial charge in [-0.05, 0) is 30.5 Å². The number of amides is 2. The highest BCUT2D eigenvalue weighted by Gasteiger charge is 2.30. The van der Waals surface area contributed by atoms with Crippen LogP contribution in [0.3, 0.4) is 0 Å². The van der Waals surface area contributed by atoms with Crippen molar-refractivity contribution in [2.45, 2.75) is 18.9 Å². The second-order valence-electron chi connectivity index (χ2n) is 4.31. The van der Waals surface area contributed by atoms with E-state index in [1.807, 2.05) is 17.0 Å². The van der Waals surface area contributed by atoms with E-state index < -0.39 is 0 Å². The van der Waals surface area contributed by atoms with E-state index in [4.69, 9.17) is 0 Å². The van der Waals surface area contributed by atoms with E-state index in [0.29, 0.717) is 0 Å². The van der Waals surface area contributed by atoms with Crippen molar-refractivity contribution >= 4 is 6.03 Å². The van der Waals surface area contributed by atoms with Gasteiger partial charge in [0, 0.05) is 33.0 Å². The van der Waals surface area contributed by atoms with Gasteiger partial charge in [0.1, 0.15) is 0 Å². The summed E-state index contributed by atoms with van der Waals surface area (Å²) in [4.78, 5) is 19.6. The third-order valence-corrected chi connectivity index (χ3v) is 2.97. The molecule has 0 spiro atoms. The molecule has 0 N–H and O–H groups in total. The third-order valence-electron chi connectivity index (χ3n) is 2.97. The molecule has 0 aliphatic carbocycles. The molecule has 1 atom stereocenters. The number of rotatable bonds is 1. The predicted molar refractivity (Wildman–Crippen MR) is 62.0 cm³/mol. The molecule has 4 nitrogen and oxygen atoms in total. The summed E-state index contributed by atoms with van der Waals surface area (Å²) in [6.07, 6.45) is 5.69. The molecule has 1 saturated heterocycles. The van der Waals surface area contributed by atoms with Crippen molar-refractivity contribution < 1.29 is 4.79 Å². The Hall–Kier alpha value is -1.58. The quantitative estimate of drug-likeness (QED) is 0.723. The molecule has 2 heterocycles. The normalized spacial score (nSPS) is 19.9. The van der Waals surface area contributed by atoms with E-state index in [2.05, 4.69) is 4.98 Å². The van der Waals surface area contributed by atoms with E-state index in [9.17, 15) is 4.79 Å². The summed E-state index contributed by atoms with van der Waals surface area (Å²) in [6, 6.07) is 4.30. The van der Waals surface area contributed by atoms with E-state index in [1.165, 1.54) is 5.56 Å². The highest BCUT2D eigenvalue weighted by Crippen LogP contribution is 2.31. The summed E-state index contributed by atoms with van der Waals surface area (Å²) in [7, 11) is 3.59. The van der Waals surface area contributed by atoms with E-state index in [1.54, 1.807) is 31.4 Å². The monoisotopic (exact) mass is 219 g/mol. The first-order valence-corrected chi connectivity index (χ1v) is 5.58. The topological polar surface area (TPSA) is 36.4 Å². The standard InChI is InChI=1S/C12H17N3O/c1-14(2)12(16)15-9-3-4-11(15)10-5-7-13-8-6-10/h5-8,11H,3-4,9H2,1-2H3. The molecule has 16 heavy (non-hydrogen) atoms. The van der Waals surface area contributed by atoms with Gasteiger partial charge >= 0.3 is 6.03 Å². The number of carbonyl (C=O) groups excluding carboxylic acids is 1. The Kier molecular flexibility index (Phi) is 3.08. The summed E-state index contributed by atoms with van der Waals surface area (Å²) in [5, 5.41) is 0. The van der Waals surface area contributed by atoms with Crippen LogP contribution in [0.4, 0.5) is 4.79 Å². The second-order valence-corrected chi connectivity index (χ2v) is 4.31. The number of likely N-dealkylation sites (tertiary alicyclic amines) is 1. The minimum absolute atomic E-state index is 0.0966. The number of carbonyl (C=O) groups is 1. The maximum atomic E-state index is 12.0. The van der Waals surface area contributed by atoms with Gasteiger partial charge in [0.05, 0.1) is 6.04 Å². The highest BCUT2D eigenvalue weighted by atomic mass is 16.2. The molecule has 1 aromatic heterocycles. The molecule has 1 fully saturated rings. The molecule has 0 radical (unpaired) electrons. The molecule has 86 valence electrons. The van der Waals surface area contributed by atoms with Crippen LogP contribution in [0.2, 0.25) is 0 Å². The summed E-state index contributed by atoms with van der Waals surface area (Å²) < 4.78 is 0. The number of hydrogen-bond donors (Lipinski definition) is 0. The molecule has 4 heteroatoms. The zero-order valence-electron chi connectivity index (χ0n) is 9.76. The lowest BCUT2D eigenvalue weighted by molar-refractivity contribution is 0.166. The van der Waals surface area contributed by atoms with Crippen LogP contribution in [0.25, 0.3) is 0 Å². The molecule has 1 aliphatic heterocycles. The number of pyridine rings is 1. The molecular formula is C12H17N3O. The van der Waals surface area contributed by atoms with Crippen molar-refractivity contribution in [3.63, 3.8) is 0 Å². The van der Waals surface area contributed by atoms with Crippen molar-refractivity contribution in [3.8, 4) is 0 Å². The fourth-order valence-electron chi connectivity index (χ4n) is 2.18. The number of hydrogen-bond acceptors (Lipinski definition) is 2. The smallest absolute Gasteiger partial charge is 0.319 e. The maximum absolute atomic E-state index is 12.0. The van der Waals surface area contributed by atoms with Gasteiger partial charge in [0.2, 0.25) is 0 Å². The Labute approximate surface area is 95.9 Å². The number of nitrogens with zero attached hydrogens (tertiary/aromatic N) is 3. The van der Waals surface area contributed by atoms with Crippen LogP contribution in [0.15, 0.2) is 24.5 Å². The van der Waals surface area contributed by atoms with Gasteiger partial charge in [-0.2, -0.15) is 0 Å². The van der Waals surface area contributed by atoms with Gasteiger partial charge in [0.25, 0.3) is 0 Å². The second kappa shape index (κ2) is 4.51. The Balaban J connectivity index is 2.19. The fourth-order valence-corrected chi connectivity index (χ4v) is 2.18. The van der Waals surface area contributed by atoms with Crippen molar-refractivity contribution in [1.82, 2.24) is 14.8 Å². The first kappa shape index (κ1) is 10.9. The van der Waals surface area contributed by atoms with E-state index >= 15 is 0 Å². The minimum Gasteiger partial charge on any atom is -0.331 e. The fraction of sp³-hybridized carbons (Fsp3) is 0.500. The van der Waals surface area contributed by atoms with Crippen LogP contribution >= 0.6 is 0 Å². The largest absolute Gasteiger partial charge is 0.331 e. The van der Waals surface area contributed by atoms with Gasteiger partial charge in [-0.25, -0.2) is 4.79 Å². The molecule has 1 aromatic rings. The van der Waals surface area contributed by atoms with Gasteiger partial charge in [-0.3, -0.25) is 4.98 Å². The minimum atomic E-state index is 0.0966. The summed E-state index contributed by atoms with van der Waals surface area (Å²) in [5.41, 5.74) is 1.18. The van der Waals surface area contributed by atoms with Crippen molar-refractivity contribution in [2.75, 3.05) is 20.6 Å². The maximum Gasteiger partial charge on any atom is 0.319 e. The number of aromatic nitrogens is 1. The lowest BCUT2D eigenvalue weighted by Crippen LogP contribution is -2.38. The zero-order chi connectivity index (χ0) is 11.5. The number of urea groups is 1. The van der Waals surface area contributed by atoms with Gasteiger partial charge in [0.15, 0.2) is 0 Å². The van der Waals surface area contributed by atoms with Crippen molar-refractivity contribution in [1.29, 1.82) is 0 Å². The van der Waals surface area contributed by atoms with Crippen molar-refractivity contribution in [3.05, 3.63) is 30.1 Å². The average molecular weight is 219 g/mol. The van der Waals surface area contributed by atoms with Crippen LogP contribution in [0, 0.1) is 0 Å². The lowest BCUT2D eigenvalue weighted by atomic mass is 10.1. The van der Waals surface area contributed by atoms with E-state index in [0.717, 1.165) is 19.4 Å². The molecule has 1 unspecified atom stereocenters. The SMILES string of the molecule is CN(C)C(=O)N1CCCC1c1ccncc1. The molecule has 0 aromatic carbocycles. The Bertz CT molecular complexity index is 364. The van der Waals surface area contributed by atoms with Gasteiger partial charge in [-0.1, -0.05) is 0 Å². The summed E-state index contributed by atoms with van der Waals surface area (Å²) in [6.45, 7) is 0.851. The Morgan fingerprint density at radius 2 is 2.12 bits per heavy atom. The first-order chi connectivity index (χ1) is 7.70. The Morgan fingerprint density at radius 3 is 2.75 bits per heavy atom. The lowest BCUT2D eigenvalue weighted by Gasteiger charge is -2.27. The van der Waals surface area contributed by atoms with Crippen LogP contribution < -0.4 is 0 Å². The van der Waals surface area contributed by atoms with Crippen LogP contribution in [0.1, 0.15) is 24.4 Å². The Morgan fingerprint density at radius 1 is 1.44 bits per heavy atom. The van der Waals surface area contributed by atoms with Crippen LogP contribution in [-0.4, -0.2) is 41.5 Å². The molecule has 2 rings (SSSR count). The van der Waals surface area contributed by atoms with Gasteiger partial charge in [-0.15, -0.1) is 0 Å². The molecule has 0 bridgehead atoms. The zero-order valence-corrected chi connectivity index (χ0v) is 9.76. The third kappa shape index (κ3) is 2.01. The highest BCUT2D eigenvalue weighted by molar-refractivity contribution is 5.74. The van der Waals surface area contributed by atoms with E-state index in [-0.39, 0.29) is 12.1 Å². The molecule has 0 saturated carbocycles. The summed E-state index contributed by atoms with van der Waals surface area (Å²) >= 11 is 0. The van der Waals surface area contributed by atoms with Gasteiger partial charge < -0.3 is 9.80 Å². The van der Waals surface area contributed by atoms with Crippen molar-refractivity contribution in [2.24, 2.45) is 0 Å². The van der Waals surface area contributed by atoms with Crippen LogP contribution in [0.5, 0.6) is 0 Å². The molecule has 1 aliphatic rings.